The summed E-state index contributed by atoms with van der Waals surface area (Å²) in [5, 5.41) is 10.8. The quantitative estimate of drug-likeness (QED) is 0.259. The molecule has 1 aromatic carbocycles. The lowest BCUT2D eigenvalue weighted by atomic mass is 10.1. The molecule has 0 atom stereocenters. The fourth-order valence-corrected chi connectivity index (χ4v) is 1.42. The van der Waals surface area contributed by atoms with Gasteiger partial charge in [-0.05, 0) is 17.7 Å². The van der Waals surface area contributed by atoms with Crippen molar-refractivity contribution in [2.75, 3.05) is 14.2 Å². The van der Waals surface area contributed by atoms with Gasteiger partial charge >= 0.3 is 11.7 Å². The Morgan fingerprint density at radius 3 is 2.60 bits per heavy atom. The largest absolute Gasteiger partial charge is 0.490 e. The first-order valence-electron chi connectivity index (χ1n) is 5.58. The maximum Gasteiger partial charge on any atom is 0.313 e. The molecule has 0 aliphatic heterocycles. The number of carbonyl (C=O) groups is 2. The highest BCUT2D eigenvalue weighted by Crippen LogP contribution is 2.27. The minimum atomic E-state index is -0.639. The second-order valence-electron chi connectivity index (χ2n) is 3.74. The highest BCUT2D eigenvalue weighted by Gasteiger charge is 2.14. The van der Waals surface area contributed by atoms with E-state index in [1.807, 2.05) is 0 Å². The molecule has 0 saturated heterocycles. The van der Waals surface area contributed by atoms with Crippen molar-refractivity contribution >= 4 is 23.5 Å². The lowest BCUT2D eigenvalue weighted by molar-refractivity contribution is -0.385. The van der Waals surface area contributed by atoms with Crippen LogP contribution in [0.2, 0.25) is 0 Å². The van der Waals surface area contributed by atoms with Crippen molar-refractivity contribution < 1.29 is 24.0 Å². The first kappa shape index (κ1) is 15.4. The predicted molar refractivity (Wildman–Crippen MR) is 70.3 cm³/mol. The number of esters is 1. The number of rotatable bonds is 6. The number of nitro groups is 1. The summed E-state index contributed by atoms with van der Waals surface area (Å²) in [6.45, 7) is 0. The lowest BCUT2D eigenvalue weighted by Crippen LogP contribution is -2.06. The molecule has 106 valence electrons. The van der Waals surface area contributed by atoms with Gasteiger partial charge in [0.25, 0.3) is 0 Å². The average molecular weight is 279 g/mol. The summed E-state index contributed by atoms with van der Waals surface area (Å²) in [7, 11) is 2.52. The van der Waals surface area contributed by atoms with Crippen molar-refractivity contribution in [2.45, 2.75) is 6.42 Å². The Hall–Kier alpha value is -2.70. The molecule has 0 amide bonds. The maximum atomic E-state index is 11.4. The highest BCUT2D eigenvalue weighted by atomic mass is 16.6. The molecule has 0 heterocycles. The number of ether oxygens (including phenoxy) is 2. The van der Waals surface area contributed by atoms with Gasteiger partial charge in [0.05, 0.1) is 19.1 Å². The molecular weight excluding hydrogens is 266 g/mol. The van der Waals surface area contributed by atoms with Crippen molar-refractivity contribution in [1.82, 2.24) is 0 Å². The van der Waals surface area contributed by atoms with E-state index in [1.54, 1.807) is 6.07 Å². The van der Waals surface area contributed by atoms with E-state index in [0.717, 1.165) is 0 Å². The van der Waals surface area contributed by atoms with Crippen molar-refractivity contribution in [2.24, 2.45) is 0 Å². The van der Waals surface area contributed by atoms with E-state index in [1.165, 1.54) is 38.5 Å². The van der Waals surface area contributed by atoms with E-state index in [2.05, 4.69) is 4.74 Å². The minimum Gasteiger partial charge on any atom is -0.490 e. The van der Waals surface area contributed by atoms with E-state index >= 15 is 0 Å². The zero-order valence-electron chi connectivity index (χ0n) is 11.0. The lowest BCUT2D eigenvalue weighted by Gasteiger charge is -2.02. The van der Waals surface area contributed by atoms with Crippen molar-refractivity contribution in [3.63, 3.8) is 0 Å². The Balaban J connectivity index is 2.88. The van der Waals surface area contributed by atoms with Crippen LogP contribution in [-0.4, -0.2) is 30.9 Å². The van der Waals surface area contributed by atoms with E-state index < -0.39 is 16.7 Å². The minimum absolute atomic E-state index is 0.132. The topological polar surface area (TPSA) is 95.7 Å². The van der Waals surface area contributed by atoms with Gasteiger partial charge in [-0.15, -0.1) is 0 Å². The number of nitro benzene ring substituents is 1. The van der Waals surface area contributed by atoms with Crippen molar-refractivity contribution in [1.29, 1.82) is 0 Å². The first-order chi connectivity index (χ1) is 9.47. The van der Waals surface area contributed by atoms with Crippen LogP contribution in [0.15, 0.2) is 24.3 Å². The smallest absolute Gasteiger partial charge is 0.313 e. The zero-order chi connectivity index (χ0) is 15.1. The fraction of sp³-hybridized carbons (Fsp3) is 0.231. The van der Waals surface area contributed by atoms with E-state index in [4.69, 9.17) is 4.74 Å². The van der Waals surface area contributed by atoms with Crippen LogP contribution in [0.25, 0.3) is 6.08 Å². The van der Waals surface area contributed by atoms with Crippen LogP contribution in [-0.2, 0) is 14.3 Å². The summed E-state index contributed by atoms with van der Waals surface area (Å²) in [4.78, 5) is 32.5. The number of allylic oxidation sites excluding steroid dienone is 1. The van der Waals surface area contributed by atoms with Crippen LogP contribution in [0.5, 0.6) is 5.75 Å². The number of nitrogens with zero attached hydrogens (tertiary/aromatic N) is 1. The third kappa shape index (κ3) is 4.20. The molecule has 0 fully saturated rings. The van der Waals surface area contributed by atoms with E-state index in [9.17, 15) is 19.7 Å². The molecule has 0 aliphatic rings. The number of hydrogen-bond acceptors (Lipinski definition) is 6. The SMILES string of the molecule is COC(=O)CC(=O)C=Cc1ccc(OC)c([N+](=O)[O-])c1. The van der Waals surface area contributed by atoms with Crippen molar-refractivity contribution in [3.05, 3.63) is 40.0 Å². The van der Waals surface area contributed by atoms with Gasteiger partial charge in [0, 0.05) is 6.07 Å². The van der Waals surface area contributed by atoms with Gasteiger partial charge in [0.1, 0.15) is 6.42 Å². The van der Waals surface area contributed by atoms with Gasteiger partial charge < -0.3 is 9.47 Å². The maximum absolute atomic E-state index is 11.4. The molecule has 0 N–H and O–H groups in total. The summed E-state index contributed by atoms with van der Waals surface area (Å²) in [6.07, 6.45) is 2.19. The molecule has 7 nitrogen and oxygen atoms in total. The molecule has 1 aromatic rings. The van der Waals surface area contributed by atoms with Gasteiger partial charge in [-0.3, -0.25) is 19.7 Å². The van der Waals surface area contributed by atoms with Crippen LogP contribution in [0, 0.1) is 10.1 Å². The van der Waals surface area contributed by atoms with Gasteiger partial charge in [-0.1, -0.05) is 12.1 Å². The summed E-state index contributed by atoms with van der Waals surface area (Å²) in [5.41, 5.74) is 0.255. The van der Waals surface area contributed by atoms with Gasteiger partial charge in [-0.2, -0.15) is 0 Å². The number of carbonyl (C=O) groups excluding carboxylic acids is 2. The Bertz CT molecular complexity index is 564. The van der Waals surface area contributed by atoms with Gasteiger partial charge in [0.15, 0.2) is 11.5 Å². The Morgan fingerprint density at radius 2 is 2.05 bits per heavy atom. The second-order valence-corrected chi connectivity index (χ2v) is 3.74. The summed E-state index contributed by atoms with van der Waals surface area (Å²) < 4.78 is 9.21. The van der Waals surface area contributed by atoms with Crippen LogP contribution >= 0.6 is 0 Å². The monoisotopic (exact) mass is 279 g/mol. The summed E-state index contributed by atoms with van der Waals surface area (Å²) in [6, 6.07) is 4.27. The number of hydrogen-bond donors (Lipinski definition) is 0. The third-order valence-corrected chi connectivity index (χ3v) is 2.41. The third-order valence-electron chi connectivity index (χ3n) is 2.41. The van der Waals surface area contributed by atoms with Crippen LogP contribution in [0.3, 0.4) is 0 Å². The fourth-order valence-electron chi connectivity index (χ4n) is 1.42. The van der Waals surface area contributed by atoms with Gasteiger partial charge in [0.2, 0.25) is 0 Å². The molecule has 0 spiro atoms. The molecule has 0 radical (unpaired) electrons. The van der Waals surface area contributed by atoms with Gasteiger partial charge in [-0.25, -0.2) is 0 Å². The average Bonchev–Trinajstić information content (AvgIpc) is 2.44. The molecule has 0 saturated carbocycles. The van der Waals surface area contributed by atoms with Crippen LogP contribution in [0.1, 0.15) is 12.0 Å². The Labute approximate surface area is 114 Å². The Morgan fingerprint density at radius 1 is 1.35 bits per heavy atom. The number of ketones is 1. The van der Waals surface area contributed by atoms with Crippen LogP contribution < -0.4 is 4.74 Å². The predicted octanol–water partition coefficient (Wildman–Crippen LogP) is 1.75. The number of methoxy groups -OCH3 is 2. The molecule has 0 aliphatic carbocycles. The summed E-state index contributed by atoms with van der Waals surface area (Å²) >= 11 is 0. The molecule has 7 heteroatoms. The molecule has 0 aromatic heterocycles. The highest BCUT2D eigenvalue weighted by molar-refractivity contribution is 6.03. The summed E-state index contributed by atoms with van der Waals surface area (Å²) in [5.74, 6) is -0.955. The van der Waals surface area contributed by atoms with E-state index in [-0.39, 0.29) is 17.9 Å². The molecular formula is C13H13NO6. The zero-order valence-corrected chi connectivity index (χ0v) is 11.0. The normalized spacial score (nSPS) is 10.3. The first-order valence-corrected chi connectivity index (χ1v) is 5.58. The molecule has 0 bridgehead atoms. The molecule has 20 heavy (non-hydrogen) atoms. The van der Waals surface area contributed by atoms with Crippen LogP contribution in [0.4, 0.5) is 5.69 Å². The second kappa shape index (κ2) is 7.03. The Kier molecular flexibility index (Phi) is 5.40. The van der Waals surface area contributed by atoms with Crippen molar-refractivity contribution in [3.8, 4) is 5.75 Å². The standard InChI is InChI=1S/C13H13NO6/c1-19-12-6-4-9(7-11(12)14(17)18)3-5-10(15)8-13(16)20-2/h3-7H,8H2,1-2H3. The van der Waals surface area contributed by atoms with E-state index in [0.29, 0.717) is 5.56 Å². The molecule has 0 unspecified atom stereocenters. The molecule has 1 rings (SSSR count). The number of benzene rings is 1.